The fourth-order valence-corrected chi connectivity index (χ4v) is 6.33. The predicted octanol–water partition coefficient (Wildman–Crippen LogP) is 6.17. The molecule has 0 aliphatic carbocycles. The van der Waals surface area contributed by atoms with Crippen LogP contribution in [0.5, 0.6) is 5.75 Å². The van der Waals surface area contributed by atoms with E-state index >= 15 is 0 Å². The summed E-state index contributed by atoms with van der Waals surface area (Å²) in [7, 11) is 0. The summed E-state index contributed by atoms with van der Waals surface area (Å²) in [4.78, 5) is 14.4. The van der Waals surface area contributed by atoms with Gasteiger partial charge in [0.15, 0.2) is 0 Å². The number of nitrogens with zero attached hydrogens (tertiary/aromatic N) is 6. The van der Waals surface area contributed by atoms with Crippen LogP contribution in [0.25, 0.3) is 16.7 Å². The lowest BCUT2D eigenvalue weighted by Crippen LogP contribution is -2.33. The summed E-state index contributed by atoms with van der Waals surface area (Å²) in [5, 5.41) is 72.8. The maximum absolute atomic E-state index is 10.9. The normalized spacial score (nSPS) is 11.5. The highest BCUT2D eigenvalue weighted by Gasteiger charge is 2.20. The molecule has 0 unspecified atom stereocenters. The van der Waals surface area contributed by atoms with Crippen LogP contribution in [0.1, 0.15) is 0 Å². The van der Waals surface area contributed by atoms with Crippen LogP contribution < -0.4 is 20.9 Å². The number of azo groups is 1. The first kappa shape index (κ1) is 39.1. The second kappa shape index (κ2) is 20.2. The van der Waals surface area contributed by atoms with Crippen molar-refractivity contribution < 1.29 is 58.7 Å². The smallest absolute Gasteiger partial charge is 0.444 e. The number of benzene rings is 3. The maximum atomic E-state index is 10.9. The van der Waals surface area contributed by atoms with E-state index in [1.54, 1.807) is 53.0 Å². The van der Waals surface area contributed by atoms with Crippen molar-refractivity contribution >= 4 is 93.3 Å². The van der Waals surface area contributed by atoms with Crippen molar-refractivity contribution in [3.63, 3.8) is 0 Å². The molecule has 0 saturated carbocycles. The molecule has 0 atom stereocenters. The van der Waals surface area contributed by atoms with Gasteiger partial charge in [0.2, 0.25) is 0 Å². The van der Waals surface area contributed by atoms with E-state index in [4.69, 9.17) is 30.9 Å². The SMILES string of the molecule is Nc1c(SOOO)cc2cc(SOOO)cc(O)c2c1/N=N/c1ccc(Nc2nc(NCCSCCO)nc(-[n+]3ccccc3)n2)cc1SOOO. The van der Waals surface area contributed by atoms with Gasteiger partial charge in [0.1, 0.15) is 17.1 Å². The first-order valence-corrected chi connectivity index (χ1v) is 17.8. The fraction of sp³-hybridized carbons (Fsp3) is 0.143. The Balaban J connectivity index is 1.48. The van der Waals surface area contributed by atoms with Crippen LogP contribution in [-0.2, 0) is 28.1 Å². The van der Waals surface area contributed by atoms with Gasteiger partial charge in [-0.25, -0.2) is 20.3 Å². The Morgan fingerprint density at radius 3 is 2.29 bits per heavy atom. The monoisotopic (exact) mass is 794 g/mol. The predicted molar refractivity (Wildman–Crippen MR) is 190 cm³/mol. The van der Waals surface area contributed by atoms with Crippen molar-refractivity contribution in [1.82, 2.24) is 15.0 Å². The van der Waals surface area contributed by atoms with Gasteiger partial charge in [0.05, 0.1) is 76.0 Å². The summed E-state index contributed by atoms with van der Waals surface area (Å²) in [6.45, 7) is 0.632. The Morgan fingerprint density at radius 2 is 1.54 bits per heavy atom. The lowest BCUT2D eigenvalue weighted by Gasteiger charge is -2.12. The molecule has 0 bridgehead atoms. The molecule has 0 fully saturated rings. The zero-order chi connectivity index (χ0) is 36.7. The van der Waals surface area contributed by atoms with Crippen LogP contribution in [0.15, 0.2) is 91.9 Å². The third kappa shape index (κ3) is 10.7. The van der Waals surface area contributed by atoms with Gasteiger partial charge >= 0.3 is 17.8 Å². The van der Waals surface area contributed by atoms with E-state index in [1.165, 1.54) is 12.1 Å². The van der Waals surface area contributed by atoms with Gasteiger partial charge in [-0.15, -0.1) is 28.2 Å². The van der Waals surface area contributed by atoms with Crippen LogP contribution in [-0.4, -0.2) is 65.6 Å². The minimum Gasteiger partial charge on any atom is -0.507 e. The molecule has 0 amide bonds. The van der Waals surface area contributed by atoms with Crippen molar-refractivity contribution in [3.05, 3.63) is 67.0 Å². The van der Waals surface area contributed by atoms with Gasteiger partial charge in [0, 0.05) is 28.6 Å². The molecule has 2 aromatic heterocycles. The highest BCUT2D eigenvalue weighted by Crippen LogP contribution is 2.46. The molecule has 52 heavy (non-hydrogen) atoms. The Kier molecular flexibility index (Phi) is 15.2. The lowest BCUT2D eigenvalue weighted by atomic mass is 10.1. The summed E-state index contributed by atoms with van der Waals surface area (Å²) in [5.41, 5.74) is 7.08. The van der Waals surface area contributed by atoms with Crippen LogP contribution in [0, 0.1) is 0 Å². The molecular weight excluding hydrogens is 767 g/mol. The molecule has 0 aliphatic heterocycles. The van der Waals surface area contributed by atoms with E-state index in [-0.39, 0.29) is 45.6 Å². The summed E-state index contributed by atoms with van der Waals surface area (Å²) in [6.07, 6.45) is 3.58. The molecule has 9 N–H and O–H groups in total. The van der Waals surface area contributed by atoms with Crippen molar-refractivity contribution in [2.45, 2.75) is 14.7 Å². The topological polar surface area (TPSA) is 274 Å². The number of nitrogens with one attached hydrogen (secondary N) is 2. The minimum absolute atomic E-state index is 0.00436. The number of nitrogens with two attached hydrogens (primary N) is 1. The standard InChI is InChI=1S/C28H27N9O11S4/c29-24-22(52-48-45-42)13-16-12-18(50-46-43-40)15-20(39)23(16)25(24)36-35-19-5-4-17(14-21(19)51-47-44-41)31-27-32-26(30-6-10-49-11-9-38)33-28(34-27)37-7-2-1-3-8-37/h1-5,7-8,12-15,38H,6,9-11,29H2,(H5-,30,31,32,33,34,39,40,41,42)/p+1/b36-35+. The van der Waals surface area contributed by atoms with Crippen molar-refractivity contribution in [2.24, 2.45) is 10.2 Å². The fourth-order valence-electron chi connectivity index (χ4n) is 4.37. The zero-order valence-corrected chi connectivity index (χ0v) is 29.5. The molecular formula is C28H28N9O11S4+. The Labute approximate surface area is 310 Å². The number of hydrogen-bond donors (Lipinski definition) is 8. The van der Waals surface area contributed by atoms with Crippen LogP contribution >= 0.6 is 47.9 Å². The largest absolute Gasteiger partial charge is 0.507 e. The Hall–Kier alpha value is -4.12. The number of nitrogen functional groups attached to an aromatic ring is 1. The summed E-state index contributed by atoms with van der Waals surface area (Å²) in [5.74, 6) is 1.91. The van der Waals surface area contributed by atoms with Crippen molar-refractivity contribution in [3.8, 4) is 11.7 Å². The van der Waals surface area contributed by atoms with E-state index in [1.807, 2.05) is 18.2 Å². The number of aromatic hydroxyl groups is 1. The molecule has 2 heterocycles. The van der Waals surface area contributed by atoms with Gasteiger partial charge in [-0.05, 0) is 63.9 Å². The van der Waals surface area contributed by atoms with Gasteiger partial charge in [-0.2, -0.15) is 11.8 Å². The van der Waals surface area contributed by atoms with Crippen molar-refractivity contribution in [2.75, 3.05) is 41.0 Å². The number of phenolic OH excluding ortho intramolecular Hbond substituents is 1. The summed E-state index contributed by atoms with van der Waals surface area (Å²) in [6, 6.07) is 14.8. The van der Waals surface area contributed by atoms with Gasteiger partial charge in [-0.3, -0.25) is 0 Å². The van der Waals surface area contributed by atoms with E-state index in [9.17, 15) is 5.11 Å². The molecule has 0 spiro atoms. The minimum atomic E-state index is -0.271. The Morgan fingerprint density at radius 1 is 0.808 bits per heavy atom. The van der Waals surface area contributed by atoms with Gasteiger partial charge in [0.25, 0.3) is 0 Å². The van der Waals surface area contributed by atoms with Crippen LogP contribution in [0.3, 0.4) is 0 Å². The second-order valence-electron chi connectivity index (χ2n) is 9.69. The molecule has 5 aromatic rings. The molecule has 5 rings (SSSR count). The van der Waals surface area contributed by atoms with Gasteiger partial charge < -0.3 is 26.6 Å². The number of aliphatic hydroxyl groups excluding tert-OH is 1. The number of anilines is 4. The highest BCUT2D eigenvalue weighted by molar-refractivity contribution is 7.99. The van der Waals surface area contributed by atoms with E-state index < -0.39 is 0 Å². The third-order valence-electron chi connectivity index (χ3n) is 6.44. The summed E-state index contributed by atoms with van der Waals surface area (Å²) < 4.78 is 15.5. The molecule has 0 aliphatic rings. The molecule has 0 saturated heterocycles. The second-order valence-corrected chi connectivity index (χ2v) is 13.2. The molecule has 24 heteroatoms. The number of rotatable bonds is 20. The van der Waals surface area contributed by atoms with E-state index in [2.05, 4.69) is 59.6 Å². The number of pyridine rings is 1. The number of thioether (sulfide) groups is 1. The summed E-state index contributed by atoms with van der Waals surface area (Å²) >= 11 is 3.36. The van der Waals surface area contributed by atoms with Crippen LogP contribution in [0.4, 0.5) is 34.6 Å². The zero-order valence-electron chi connectivity index (χ0n) is 26.3. The third-order valence-corrected chi connectivity index (χ3v) is 9.25. The number of aromatic nitrogens is 4. The molecule has 0 radical (unpaired) electrons. The molecule has 20 nitrogen and oxygen atoms in total. The Bertz CT molecular complexity index is 1970. The number of hydrogen-bond acceptors (Lipinski definition) is 23. The number of fused-ring (bicyclic) bond motifs is 1. The van der Waals surface area contributed by atoms with Crippen molar-refractivity contribution in [1.29, 1.82) is 0 Å². The number of aliphatic hydroxyl groups is 1. The lowest BCUT2D eigenvalue weighted by molar-refractivity contribution is -0.603. The molecule has 274 valence electrons. The van der Waals surface area contributed by atoms with E-state index in [0.29, 0.717) is 81.2 Å². The highest BCUT2D eigenvalue weighted by atomic mass is 32.2. The number of phenols is 1. The molecule has 3 aromatic carbocycles. The van der Waals surface area contributed by atoms with E-state index in [0.717, 1.165) is 5.75 Å². The average Bonchev–Trinajstić information content (AvgIpc) is 3.16. The average molecular weight is 795 g/mol. The van der Waals surface area contributed by atoms with Gasteiger partial charge in [-0.1, -0.05) is 21.2 Å². The maximum Gasteiger partial charge on any atom is 0.444 e. The first-order valence-electron chi connectivity index (χ1n) is 14.5. The van der Waals surface area contributed by atoms with Crippen LogP contribution in [0.2, 0.25) is 0 Å². The quantitative estimate of drug-likeness (QED) is 0.00831. The first-order chi connectivity index (χ1) is 25.4.